The van der Waals surface area contributed by atoms with Crippen molar-refractivity contribution in [2.24, 2.45) is 0 Å². The zero-order valence-electron chi connectivity index (χ0n) is 21.2. The molecule has 1 aliphatic carbocycles. The number of carbonyl (C=O) groups excluding carboxylic acids is 1. The van der Waals surface area contributed by atoms with Crippen LogP contribution < -0.4 is 14.4 Å². The Balaban J connectivity index is 1.40. The number of benzene rings is 2. The van der Waals surface area contributed by atoms with Gasteiger partial charge in [0.1, 0.15) is 11.6 Å². The van der Waals surface area contributed by atoms with Crippen molar-refractivity contribution in [2.75, 3.05) is 45.3 Å². The first kappa shape index (κ1) is 24.1. The SMILES string of the molecule is COc1cc2nc(C3CCCCC3)nc(N3CCN(C(=O)/C=C\c4ccccc4)CC3)c2cc1OC. The molecule has 0 N–H and O–H groups in total. The molecule has 0 unspecified atom stereocenters. The highest BCUT2D eigenvalue weighted by Crippen LogP contribution is 2.38. The molecule has 1 amide bonds. The lowest BCUT2D eigenvalue weighted by Gasteiger charge is -2.36. The highest BCUT2D eigenvalue weighted by atomic mass is 16.5. The quantitative estimate of drug-likeness (QED) is 0.454. The van der Waals surface area contributed by atoms with Crippen LogP contribution in [0.25, 0.3) is 17.0 Å². The molecule has 188 valence electrons. The smallest absolute Gasteiger partial charge is 0.246 e. The predicted octanol–water partition coefficient (Wildman–Crippen LogP) is 5.06. The fraction of sp³-hybridized carbons (Fsp3) is 0.414. The number of hydrogen-bond acceptors (Lipinski definition) is 6. The molecule has 1 saturated heterocycles. The number of aromatic nitrogens is 2. The molecule has 5 rings (SSSR count). The summed E-state index contributed by atoms with van der Waals surface area (Å²) in [5, 5.41) is 0.955. The van der Waals surface area contributed by atoms with Gasteiger partial charge in [0.15, 0.2) is 11.5 Å². The lowest BCUT2D eigenvalue weighted by Crippen LogP contribution is -2.48. The Labute approximate surface area is 212 Å². The Morgan fingerprint density at radius 3 is 2.31 bits per heavy atom. The van der Waals surface area contributed by atoms with Crippen LogP contribution in [-0.4, -0.2) is 61.2 Å². The highest BCUT2D eigenvalue weighted by Gasteiger charge is 2.26. The number of fused-ring (bicyclic) bond motifs is 1. The third-order valence-corrected chi connectivity index (χ3v) is 7.28. The molecular weight excluding hydrogens is 452 g/mol. The highest BCUT2D eigenvalue weighted by molar-refractivity contribution is 5.93. The van der Waals surface area contributed by atoms with E-state index in [1.54, 1.807) is 20.3 Å². The Kier molecular flexibility index (Phi) is 7.35. The summed E-state index contributed by atoms with van der Waals surface area (Å²) in [5.74, 6) is 3.62. The molecular formula is C29H34N4O3. The predicted molar refractivity (Wildman–Crippen MR) is 143 cm³/mol. The van der Waals surface area contributed by atoms with E-state index in [0.717, 1.165) is 54.0 Å². The average Bonchev–Trinajstić information content (AvgIpc) is 2.95. The zero-order valence-corrected chi connectivity index (χ0v) is 21.2. The number of methoxy groups -OCH3 is 2. The minimum absolute atomic E-state index is 0.0420. The van der Waals surface area contributed by atoms with E-state index in [-0.39, 0.29) is 5.91 Å². The summed E-state index contributed by atoms with van der Waals surface area (Å²) in [4.78, 5) is 27.1. The minimum atomic E-state index is 0.0420. The molecule has 1 aromatic heterocycles. The Morgan fingerprint density at radius 2 is 1.61 bits per heavy atom. The molecule has 3 aromatic rings. The van der Waals surface area contributed by atoms with E-state index >= 15 is 0 Å². The van der Waals surface area contributed by atoms with Crippen LogP contribution in [0.5, 0.6) is 11.5 Å². The van der Waals surface area contributed by atoms with Gasteiger partial charge in [-0.2, -0.15) is 0 Å². The van der Waals surface area contributed by atoms with Gasteiger partial charge in [-0.15, -0.1) is 0 Å². The van der Waals surface area contributed by atoms with E-state index in [9.17, 15) is 4.79 Å². The minimum Gasteiger partial charge on any atom is -0.493 e. The molecule has 2 heterocycles. The van der Waals surface area contributed by atoms with Crippen molar-refractivity contribution < 1.29 is 14.3 Å². The number of carbonyl (C=O) groups is 1. The van der Waals surface area contributed by atoms with Crippen LogP contribution in [0.15, 0.2) is 48.5 Å². The molecule has 1 saturated carbocycles. The van der Waals surface area contributed by atoms with Gasteiger partial charge in [0.25, 0.3) is 0 Å². The second-order valence-electron chi connectivity index (χ2n) is 9.52. The molecule has 0 radical (unpaired) electrons. The van der Waals surface area contributed by atoms with Crippen LogP contribution in [0.2, 0.25) is 0 Å². The normalized spacial score (nSPS) is 17.1. The summed E-state index contributed by atoms with van der Waals surface area (Å²) in [6.45, 7) is 2.73. The second kappa shape index (κ2) is 11.0. The largest absolute Gasteiger partial charge is 0.493 e. The second-order valence-corrected chi connectivity index (χ2v) is 9.52. The first-order valence-corrected chi connectivity index (χ1v) is 12.9. The van der Waals surface area contributed by atoms with Crippen LogP contribution in [0.1, 0.15) is 49.4 Å². The average molecular weight is 487 g/mol. The summed E-state index contributed by atoms with van der Waals surface area (Å²) in [6.07, 6.45) is 9.56. The Bertz CT molecular complexity index is 1230. The van der Waals surface area contributed by atoms with Crippen molar-refractivity contribution in [3.8, 4) is 11.5 Å². The number of hydrogen-bond donors (Lipinski definition) is 0. The van der Waals surface area contributed by atoms with Gasteiger partial charge in [-0.3, -0.25) is 4.79 Å². The van der Waals surface area contributed by atoms with Gasteiger partial charge in [-0.1, -0.05) is 49.6 Å². The van der Waals surface area contributed by atoms with Crippen molar-refractivity contribution in [1.29, 1.82) is 0 Å². The van der Waals surface area contributed by atoms with Crippen LogP contribution in [0, 0.1) is 0 Å². The van der Waals surface area contributed by atoms with Crippen molar-refractivity contribution in [1.82, 2.24) is 14.9 Å². The van der Waals surface area contributed by atoms with E-state index in [1.165, 1.54) is 19.3 Å². The third kappa shape index (κ3) is 5.15. The number of anilines is 1. The molecule has 2 aromatic carbocycles. The molecule has 0 bridgehead atoms. The number of piperazine rings is 1. The first-order chi connectivity index (χ1) is 17.7. The molecule has 2 fully saturated rings. The Morgan fingerprint density at radius 1 is 0.917 bits per heavy atom. The van der Waals surface area contributed by atoms with E-state index in [0.29, 0.717) is 30.5 Å². The number of nitrogens with zero attached hydrogens (tertiary/aromatic N) is 4. The maximum atomic E-state index is 12.8. The lowest BCUT2D eigenvalue weighted by atomic mass is 9.88. The molecule has 0 spiro atoms. The van der Waals surface area contributed by atoms with Crippen molar-refractivity contribution >= 4 is 28.7 Å². The Hall–Kier alpha value is -3.61. The van der Waals surface area contributed by atoms with Gasteiger partial charge >= 0.3 is 0 Å². The van der Waals surface area contributed by atoms with E-state index in [1.807, 2.05) is 53.4 Å². The topological polar surface area (TPSA) is 67.8 Å². The van der Waals surface area contributed by atoms with Crippen LogP contribution in [-0.2, 0) is 4.79 Å². The summed E-state index contributed by atoms with van der Waals surface area (Å²) in [6, 6.07) is 13.8. The van der Waals surface area contributed by atoms with Crippen LogP contribution in [0.4, 0.5) is 5.82 Å². The van der Waals surface area contributed by atoms with E-state index in [4.69, 9.17) is 19.4 Å². The molecule has 2 aliphatic rings. The molecule has 0 atom stereocenters. The number of rotatable bonds is 6. The zero-order chi connectivity index (χ0) is 24.9. The van der Waals surface area contributed by atoms with Gasteiger partial charge in [0.2, 0.25) is 5.91 Å². The monoisotopic (exact) mass is 486 g/mol. The summed E-state index contributed by atoms with van der Waals surface area (Å²) < 4.78 is 11.1. The summed E-state index contributed by atoms with van der Waals surface area (Å²) in [5.41, 5.74) is 1.90. The van der Waals surface area contributed by atoms with E-state index in [2.05, 4.69) is 4.90 Å². The van der Waals surface area contributed by atoms with Gasteiger partial charge < -0.3 is 19.3 Å². The van der Waals surface area contributed by atoms with E-state index < -0.39 is 0 Å². The number of ether oxygens (including phenoxy) is 2. The van der Waals surface area contributed by atoms with Gasteiger partial charge in [0, 0.05) is 49.6 Å². The van der Waals surface area contributed by atoms with Crippen LogP contribution >= 0.6 is 0 Å². The molecule has 1 aliphatic heterocycles. The standard InChI is InChI=1S/C29H34N4O3/c1-35-25-19-23-24(20-26(25)36-2)30-28(22-11-7-4-8-12-22)31-29(23)33-17-15-32(16-18-33)27(34)14-13-21-9-5-3-6-10-21/h3,5-6,9-10,13-14,19-20,22H,4,7-8,11-12,15-18H2,1-2H3/b14-13-. The van der Waals surface area contributed by atoms with Crippen molar-refractivity contribution in [3.05, 3.63) is 59.9 Å². The van der Waals surface area contributed by atoms with Crippen LogP contribution in [0.3, 0.4) is 0 Å². The fourth-order valence-corrected chi connectivity index (χ4v) is 5.22. The lowest BCUT2D eigenvalue weighted by molar-refractivity contribution is -0.126. The maximum absolute atomic E-state index is 12.8. The molecule has 7 nitrogen and oxygen atoms in total. The van der Waals surface area contributed by atoms with Gasteiger partial charge in [-0.05, 0) is 30.5 Å². The van der Waals surface area contributed by atoms with Crippen molar-refractivity contribution in [3.63, 3.8) is 0 Å². The first-order valence-electron chi connectivity index (χ1n) is 12.9. The van der Waals surface area contributed by atoms with Gasteiger partial charge in [0.05, 0.1) is 19.7 Å². The summed E-state index contributed by atoms with van der Waals surface area (Å²) in [7, 11) is 3.30. The number of amides is 1. The molecule has 36 heavy (non-hydrogen) atoms. The maximum Gasteiger partial charge on any atom is 0.246 e. The fourth-order valence-electron chi connectivity index (χ4n) is 5.22. The summed E-state index contributed by atoms with van der Waals surface area (Å²) >= 11 is 0. The third-order valence-electron chi connectivity index (χ3n) is 7.28. The van der Waals surface area contributed by atoms with Crippen molar-refractivity contribution in [2.45, 2.75) is 38.0 Å². The van der Waals surface area contributed by atoms with Gasteiger partial charge in [-0.25, -0.2) is 9.97 Å². The molecule has 7 heteroatoms.